The van der Waals surface area contributed by atoms with Crippen LogP contribution in [-0.4, -0.2) is 37.6 Å². The molecule has 1 aliphatic heterocycles. The molecule has 118 valence electrons. The quantitative estimate of drug-likeness (QED) is 0.203. The molecule has 1 aliphatic rings. The molecule has 0 N–H and O–H groups in total. The zero-order valence-corrected chi connectivity index (χ0v) is 14.6. The number of benzene rings is 1. The zero-order chi connectivity index (χ0) is 16.5. The van der Waals surface area contributed by atoms with E-state index >= 15 is 0 Å². The number of nitrogens with zero attached hydrogens (tertiary/aromatic N) is 2. The fourth-order valence-corrected chi connectivity index (χ4v) is 4.51. The van der Waals surface area contributed by atoms with Gasteiger partial charge in [-0.05, 0) is 26.0 Å². The predicted octanol–water partition coefficient (Wildman–Crippen LogP) is 4.03. The Kier molecular flexibility index (Phi) is 5.14. The molecule has 0 spiro atoms. The summed E-state index contributed by atoms with van der Waals surface area (Å²) >= 11 is 12.8. The minimum atomic E-state index is -0.557. The first-order chi connectivity index (χ1) is 10.3. The molecule has 1 heterocycles. The number of hydrogen-bond acceptors (Lipinski definition) is 3. The lowest BCUT2D eigenvalue weighted by molar-refractivity contribution is -0.523. The smallest absolute Gasteiger partial charge is 0.254 e. The first-order valence-electron chi connectivity index (χ1n) is 6.63. The number of halogens is 2. The lowest BCUT2D eigenvalue weighted by Crippen LogP contribution is -2.48. The molecule has 1 fully saturated rings. The molecular formula is C15H16ClFN2OS2. The monoisotopic (exact) mass is 358 g/mol. The van der Waals surface area contributed by atoms with Crippen molar-refractivity contribution in [3.05, 3.63) is 52.5 Å². The van der Waals surface area contributed by atoms with Gasteiger partial charge in [-0.3, -0.25) is 4.90 Å². The Hall–Kier alpha value is -1.11. The molecule has 0 bridgehead atoms. The second-order valence-electron chi connectivity index (χ2n) is 5.41. The molecule has 1 aromatic rings. The molecule has 7 heteroatoms. The van der Waals surface area contributed by atoms with Gasteiger partial charge in [0.05, 0.1) is 10.6 Å². The average Bonchev–Trinajstić information content (AvgIpc) is 2.64. The highest BCUT2D eigenvalue weighted by Crippen LogP contribution is 2.41. The Morgan fingerprint density at radius 1 is 1.59 bits per heavy atom. The van der Waals surface area contributed by atoms with E-state index < -0.39 is 16.7 Å². The van der Waals surface area contributed by atoms with Gasteiger partial charge in [-0.1, -0.05) is 47.7 Å². The van der Waals surface area contributed by atoms with Crippen LogP contribution in [0.5, 0.6) is 0 Å². The highest BCUT2D eigenvalue weighted by molar-refractivity contribution is 8.24. The maximum absolute atomic E-state index is 13.9. The number of hydroxylamine groups is 1. The first-order valence-corrected chi connectivity index (χ1v) is 8.23. The Morgan fingerprint density at radius 3 is 2.86 bits per heavy atom. The van der Waals surface area contributed by atoms with E-state index in [9.17, 15) is 9.60 Å². The third kappa shape index (κ3) is 3.29. The van der Waals surface area contributed by atoms with Gasteiger partial charge in [0.15, 0.2) is 6.21 Å². The van der Waals surface area contributed by atoms with Gasteiger partial charge in [0.2, 0.25) is 0 Å². The highest BCUT2D eigenvalue weighted by Gasteiger charge is 2.50. The van der Waals surface area contributed by atoms with Gasteiger partial charge >= 0.3 is 0 Å². The van der Waals surface area contributed by atoms with Crippen LogP contribution in [-0.2, 0) is 0 Å². The van der Waals surface area contributed by atoms with Crippen molar-refractivity contribution >= 4 is 46.1 Å². The van der Waals surface area contributed by atoms with Crippen LogP contribution in [0.2, 0.25) is 5.02 Å². The van der Waals surface area contributed by atoms with Crippen LogP contribution in [0.15, 0.2) is 30.9 Å². The lowest BCUT2D eigenvalue weighted by atomic mass is 10.1. The molecule has 3 nitrogen and oxygen atoms in total. The van der Waals surface area contributed by atoms with Crippen molar-refractivity contribution in [1.29, 1.82) is 0 Å². The third-order valence-electron chi connectivity index (χ3n) is 3.32. The second-order valence-corrected chi connectivity index (χ2v) is 8.11. The molecule has 1 saturated heterocycles. The van der Waals surface area contributed by atoms with E-state index in [2.05, 4.69) is 6.58 Å². The van der Waals surface area contributed by atoms with Crippen LogP contribution in [0.3, 0.4) is 0 Å². The fraction of sp³-hybridized carbons (Fsp3) is 0.333. The SMILES string of the molecule is C=CCN1C(=S)SC(C)(C)C1/[N+]([O-])=C/c1c(F)cccc1Cl. The summed E-state index contributed by atoms with van der Waals surface area (Å²) in [6.07, 6.45) is 2.32. The molecule has 22 heavy (non-hydrogen) atoms. The van der Waals surface area contributed by atoms with Gasteiger partial charge in [0.25, 0.3) is 6.17 Å². The molecule has 0 aliphatic carbocycles. The van der Waals surface area contributed by atoms with Crippen molar-refractivity contribution in [2.24, 2.45) is 0 Å². The minimum Gasteiger partial charge on any atom is -0.622 e. The number of thioether (sulfide) groups is 1. The lowest BCUT2D eigenvalue weighted by Gasteiger charge is -2.29. The van der Waals surface area contributed by atoms with Gasteiger partial charge in [-0.15, -0.1) is 6.58 Å². The van der Waals surface area contributed by atoms with Gasteiger partial charge in [-0.2, -0.15) is 4.74 Å². The molecule has 1 unspecified atom stereocenters. The Morgan fingerprint density at radius 2 is 2.27 bits per heavy atom. The van der Waals surface area contributed by atoms with Crippen LogP contribution in [0.4, 0.5) is 4.39 Å². The average molecular weight is 359 g/mol. The Bertz CT molecular complexity index is 628. The largest absolute Gasteiger partial charge is 0.622 e. The van der Waals surface area contributed by atoms with E-state index in [4.69, 9.17) is 23.8 Å². The number of thiocarbonyl (C=S) groups is 1. The third-order valence-corrected chi connectivity index (χ3v) is 5.28. The van der Waals surface area contributed by atoms with Crippen molar-refractivity contribution in [3.63, 3.8) is 0 Å². The zero-order valence-electron chi connectivity index (χ0n) is 12.3. The van der Waals surface area contributed by atoms with Crippen molar-refractivity contribution < 1.29 is 9.13 Å². The molecule has 2 rings (SSSR count). The highest BCUT2D eigenvalue weighted by atomic mass is 35.5. The molecule has 1 aromatic carbocycles. The van der Waals surface area contributed by atoms with Crippen molar-refractivity contribution in [1.82, 2.24) is 4.90 Å². The minimum absolute atomic E-state index is 0.0799. The van der Waals surface area contributed by atoms with Gasteiger partial charge < -0.3 is 5.21 Å². The molecule has 0 amide bonds. The number of hydrogen-bond donors (Lipinski definition) is 0. The van der Waals surface area contributed by atoms with E-state index in [1.54, 1.807) is 17.0 Å². The van der Waals surface area contributed by atoms with E-state index in [0.29, 0.717) is 10.9 Å². The molecule has 0 radical (unpaired) electrons. The summed E-state index contributed by atoms with van der Waals surface area (Å²) in [5.41, 5.74) is 0.0799. The Labute approximate surface area is 144 Å². The maximum Gasteiger partial charge on any atom is 0.254 e. The van der Waals surface area contributed by atoms with Crippen molar-refractivity contribution in [2.45, 2.75) is 24.8 Å². The first kappa shape index (κ1) is 17.2. The van der Waals surface area contributed by atoms with Gasteiger partial charge in [-0.25, -0.2) is 4.39 Å². The molecule has 0 aromatic heterocycles. The van der Waals surface area contributed by atoms with Crippen molar-refractivity contribution in [3.8, 4) is 0 Å². The summed E-state index contributed by atoms with van der Waals surface area (Å²) in [5, 5.41) is 12.8. The summed E-state index contributed by atoms with van der Waals surface area (Å²) in [6, 6.07) is 4.32. The molecule has 1 atom stereocenters. The standard InChI is InChI=1S/C15H16ClFN2OS2/c1-4-8-18-13(15(2,3)22-14(18)21)19(20)9-10-11(16)6-5-7-12(10)17/h4-7,9,13H,1,8H2,2-3H3/b19-9-. The summed E-state index contributed by atoms with van der Waals surface area (Å²) in [7, 11) is 0. The topological polar surface area (TPSA) is 29.3 Å². The predicted molar refractivity (Wildman–Crippen MR) is 95.2 cm³/mol. The van der Waals surface area contributed by atoms with E-state index in [0.717, 1.165) is 4.74 Å². The van der Waals surface area contributed by atoms with Gasteiger partial charge in [0, 0.05) is 6.54 Å². The van der Waals surface area contributed by atoms with E-state index in [1.165, 1.54) is 30.1 Å². The van der Waals surface area contributed by atoms with Gasteiger partial charge in [0.1, 0.15) is 14.9 Å². The van der Waals surface area contributed by atoms with E-state index in [-0.39, 0.29) is 10.6 Å². The molecular weight excluding hydrogens is 343 g/mol. The summed E-state index contributed by atoms with van der Waals surface area (Å²) in [4.78, 5) is 1.78. The summed E-state index contributed by atoms with van der Waals surface area (Å²) < 4.78 is 14.8. The normalized spacial score (nSPS) is 21.3. The summed E-state index contributed by atoms with van der Waals surface area (Å²) in [6.45, 7) is 8.01. The van der Waals surface area contributed by atoms with Crippen LogP contribution >= 0.6 is 35.6 Å². The van der Waals surface area contributed by atoms with Crippen LogP contribution in [0, 0.1) is 11.0 Å². The van der Waals surface area contributed by atoms with Crippen LogP contribution in [0.25, 0.3) is 0 Å². The van der Waals surface area contributed by atoms with Crippen LogP contribution in [0.1, 0.15) is 19.4 Å². The van der Waals surface area contributed by atoms with Crippen LogP contribution < -0.4 is 0 Å². The number of rotatable bonds is 4. The summed E-state index contributed by atoms with van der Waals surface area (Å²) in [5.74, 6) is -0.533. The fourth-order valence-electron chi connectivity index (χ4n) is 2.40. The Balaban J connectivity index is 2.45. The molecule has 0 saturated carbocycles. The van der Waals surface area contributed by atoms with Crippen molar-refractivity contribution in [2.75, 3.05) is 6.54 Å². The maximum atomic E-state index is 13.9. The second kappa shape index (κ2) is 6.56. The van der Waals surface area contributed by atoms with E-state index in [1.807, 2.05) is 13.8 Å².